The van der Waals surface area contributed by atoms with Crippen molar-refractivity contribution in [1.29, 1.82) is 0 Å². The van der Waals surface area contributed by atoms with Gasteiger partial charge in [-0.3, -0.25) is 4.79 Å². The Kier molecular flexibility index (Phi) is 5.73. The lowest BCUT2D eigenvalue weighted by atomic mass is 10.2. The van der Waals surface area contributed by atoms with Crippen LogP contribution < -0.4 is 5.32 Å². The van der Waals surface area contributed by atoms with Crippen molar-refractivity contribution in [2.24, 2.45) is 0 Å². The van der Waals surface area contributed by atoms with Crippen LogP contribution in [0.15, 0.2) is 48.5 Å². The van der Waals surface area contributed by atoms with E-state index in [1.807, 2.05) is 0 Å². The molecule has 0 saturated heterocycles. The van der Waals surface area contributed by atoms with Crippen molar-refractivity contribution in [3.05, 3.63) is 71.6 Å². The Morgan fingerprint density at radius 2 is 1.79 bits per heavy atom. The Morgan fingerprint density at radius 3 is 2.54 bits per heavy atom. The van der Waals surface area contributed by atoms with Gasteiger partial charge in [0.05, 0.1) is 5.69 Å². The minimum absolute atomic E-state index is 0.355. The molecular formula is C17H12F3NO3. The highest BCUT2D eigenvalue weighted by atomic mass is 19.1. The first-order chi connectivity index (χ1) is 11.4. The molecule has 0 atom stereocenters. The van der Waals surface area contributed by atoms with Gasteiger partial charge in [-0.25, -0.2) is 18.0 Å². The van der Waals surface area contributed by atoms with Crippen molar-refractivity contribution in [2.75, 3.05) is 11.9 Å². The van der Waals surface area contributed by atoms with Crippen LogP contribution in [0.25, 0.3) is 6.08 Å². The first-order valence-corrected chi connectivity index (χ1v) is 6.79. The molecule has 0 aliphatic heterocycles. The van der Waals surface area contributed by atoms with E-state index in [1.54, 1.807) is 6.07 Å². The van der Waals surface area contributed by atoms with Crippen molar-refractivity contribution >= 4 is 23.6 Å². The molecule has 0 bridgehead atoms. The third-order valence-corrected chi connectivity index (χ3v) is 2.81. The summed E-state index contributed by atoms with van der Waals surface area (Å²) in [5.41, 5.74) is 0.0876. The van der Waals surface area contributed by atoms with Gasteiger partial charge in [-0.2, -0.15) is 0 Å². The van der Waals surface area contributed by atoms with E-state index in [4.69, 9.17) is 0 Å². The third kappa shape index (κ3) is 5.28. The molecule has 4 nitrogen and oxygen atoms in total. The molecule has 0 aliphatic rings. The average molecular weight is 335 g/mol. The number of anilines is 1. The van der Waals surface area contributed by atoms with Gasteiger partial charge in [0.15, 0.2) is 6.61 Å². The van der Waals surface area contributed by atoms with E-state index in [1.165, 1.54) is 24.3 Å². The minimum Gasteiger partial charge on any atom is -0.452 e. The number of hydrogen-bond acceptors (Lipinski definition) is 3. The van der Waals surface area contributed by atoms with Crippen LogP contribution >= 0.6 is 0 Å². The van der Waals surface area contributed by atoms with Crippen LogP contribution in [0.4, 0.5) is 18.9 Å². The number of amides is 1. The number of carbonyl (C=O) groups excluding carboxylic acids is 2. The molecule has 0 fully saturated rings. The van der Waals surface area contributed by atoms with Crippen molar-refractivity contribution in [1.82, 2.24) is 0 Å². The summed E-state index contributed by atoms with van der Waals surface area (Å²) in [6.45, 7) is -0.678. The van der Waals surface area contributed by atoms with E-state index in [2.05, 4.69) is 10.1 Å². The van der Waals surface area contributed by atoms with E-state index in [0.717, 1.165) is 24.3 Å². The Morgan fingerprint density at radius 1 is 1.04 bits per heavy atom. The highest BCUT2D eigenvalue weighted by molar-refractivity contribution is 5.94. The monoisotopic (exact) mass is 335 g/mol. The molecule has 2 aromatic carbocycles. The van der Waals surface area contributed by atoms with Gasteiger partial charge < -0.3 is 10.1 Å². The number of ether oxygens (including phenoxy) is 1. The van der Waals surface area contributed by atoms with Crippen LogP contribution in [-0.2, 0) is 14.3 Å². The summed E-state index contributed by atoms with van der Waals surface area (Å²) >= 11 is 0. The normalized spacial score (nSPS) is 10.6. The molecule has 24 heavy (non-hydrogen) atoms. The van der Waals surface area contributed by atoms with Gasteiger partial charge in [0, 0.05) is 12.1 Å². The minimum atomic E-state index is -0.839. The molecule has 2 aromatic rings. The van der Waals surface area contributed by atoms with E-state index in [9.17, 15) is 22.8 Å². The van der Waals surface area contributed by atoms with Gasteiger partial charge in [-0.05, 0) is 35.9 Å². The maximum absolute atomic E-state index is 13.3. The van der Waals surface area contributed by atoms with E-state index >= 15 is 0 Å². The summed E-state index contributed by atoms with van der Waals surface area (Å²) in [6, 6.07) is 8.09. The van der Waals surface area contributed by atoms with Crippen LogP contribution in [0.1, 0.15) is 5.56 Å². The molecule has 0 unspecified atom stereocenters. The standard InChI is InChI=1S/C17H12F3NO3/c18-12-3-1-2-11(8-12)4-7-17(23)24-10-16(22)21-15-9-13(19)5-6-14(15)20/h1-9H,10H2,(H,21,22)/b7-4+. The zero-order valence-electron chi connectivity index (χ0n) is 12.3. The van der Waals surface area contributed by atoms with Crippen LogP contribution in [0.5, 0.6) is 0 Å². The number of carbonyl (C=O) groups is 2. The number of nitrogens with one attached hydrogen (secondary N) is 1. The van der Waals surface area contributed by atoms with Gasteiger partial charge in [-0.15, -0.1) is 0 Å². The smallest absolute Gasteiger partial charge is 0.331 e. The average Bonchev–Trinajstić information content (AvgIpc) is 2.54. The summed E-state index contributed by atoms with van der Waals surface area (Å²) in [5.74, 6) is -3.66. The van der Waals surface area contributed by atoms with E-state index in [0.29, 0.717) is 5.56 Å². The fraction of sp³-hybridized carbons (Fsp3) is 0.0588. The maximum atomic E-state index is 13.3. The summed E-state index contributed by atoms with van der Waals surface area (Å²) in [6.07, 6.45) is 2.33. The summed E-state index contributed by atoms with van der Waals surface area (Å²) in [7, 11) is 0. The Hall–Kier alpha value is -3.09. The maximum Gasteiger partial charge on any atom is 0.331 e. The number of hydrogen-bond donors (Lipinski definition) is 1. The van der Waals surface area contributed by atoms with Crippen LogP contribution in [0.3, 0.4) is 0 Å². The summed E-state index contributed by atoms with van der Waals surface area (Å²) in [4.78, 5) is 23.0. The second-order valence-corrected chi connectivity index (χ2v) is 4.67. The highest BCUT2D eigenvalue weighted by Crippen LogP contribution is 2.15. The Bertz CT molecular complexity index is 790. The lowest BCUT2D eigenvalue weighted by molar-refractivity contribution is -0.142. The highest BCUT2D eigenvalue weighted by Gasteiger charge is 2.10. The number of rotatable bonds is 5. The SMILES string of the molecule is O=C(COC(=O)/C=C/c1cccc(F)c1)Nc1cc(F)ccc1F. The number of esters is 1. The van der Waals surface area contributed by atoms with E-state index in [-0.39, 0.29) is 5.69 Å². The molecular weight excluding hydrogens is 323 g/mol. The predicted octanol–water partition coefficient (Wildman–Crippen LogP) is 3.30. The predicted molar refractivity (Wildman–Crippen MR) is 81.4 cm³/mol. The lowest BCUT2D eigenvalue weighted by Gasteiger charge is -2.06. The van der Waals surface area contributed by atoms with Gasteiger partial charge >= 0.3 is 5.97 Å². The van der Waals surface area contributed by atoms with Gasteiger partial charge in [0.1, 0.15) is 17.5 Å². The molecule has 1 amide bonds. The zero-order chi connectivity index (χ0) is 17.5. The van der Waals surface area contributed by atoms with E-state index < -0.39 is 35.9 Å². The van der Waals surface area contributed by atoms with Crippen LogP contribution in [-0.4, -0.2) is 18.5 Å². The molecule has 0 spiro atoms. The molecule has 0 aliphatic carbocycles. The molecule has 0 aromatic heterocycles. The zero-order valence-corrected chi connectivity index (χ0v) is 12.3. The molecule has 0 radical (unpaired) electrons. The Balaban J connectivity index is 1.85. The van der Waals surface area contributed by atoms with Crippen molar-refractivity contribution in [2.45, 2.75) is 0 Å². The fourth-order valence-corrected chi connectivity index (χ4v) is 1.74. The van der Waals surface area contributed by atoms with Crippen molar-refractivity contribution < 1.29 is 27.5 Å². The van der Waals surface area contributed by atoms with Gasteiger partial charge in [-0.1, -0.05) is 12.1 Å². The third-order valence-electron chi connectivity index (χ3n) is 2.81. The molecule has 124 valence electrons. The largest absolute Gasteiger partial charge is 0.452 e. The molecule has 1 N–H and O–H groups in total. The molecule has 0 saturated carbocycles. The lowest BCUT2D eigenvalue weighted by Crippen LogP contribution is -2.20. The van der Waals surface area contributed by atoms with Crippen molar-refractivity contribution in [3.63, 3.8) is 0 Å². The number of benzene rings is 2. The number of halogens is 3. The van der Waals surface area contributed by atoms with Crippen LogP contribution in [0, 0.1) is 17.5 Å². The van der Waals surface area contributed by atoms with Crippen molar-refractivity contribution in [3.8, 4) is 0 Å². The molecule has 0 heterocycles. The van der Waals surface area contributed by atoms with Gasteiger partial charge in [0.25, 0.3) is 5.91 Å². The Labute approximate surface area is 135 Å². The first-order valence-electron chi connectivity index (χ1n) is 6.79. The summed E-state index contributed by atoms with van der Waals surface area (Å²) < 4.78 is 43.9. The van der Waals surface area contributed by atoms with Gasteiger partial charge in [0.2, 0.25) is 0 Å². The summed E-state index contributed by atoms with van der Waals surface area (Å²) in [5, 5.41) is 2.08. The second-order valence-electron chi connectivity index (χ2n) is 4.67. The second kappa shape index (κ2) is 7.96. The fourth-order valence-electron chi connectivity index (χ4n) is 1.74. The molecule has 2 rings (SSSR count). The molecule has 7 heteroatoms. The quantitative estimate of drug-likeness (QED) is 0.674. The first kappa shape index (κ1) is 17.3. The topological polar surface area (TPSA) is 55.4 Å². The van der Waals surface area contributed by atoms with Crippen LogP contribution in [0.2, 0.25) is 0 Å².